The van der Waals surface area contributed by atoms with Crippen LogP contribution in [-0.2, 0) is 16.6 Å². The molecule has 7 heteroatoms. The fraction of sp³-hybridized carbons (Fsp3) is 0.143. The number of nitrogens with one attached hydrogen (secondary N) is 1. The minimum Gasteiger partial charge on any atom is -0.496 e. The van der Waals surface area contributed by atoms with Crippen LogP contribution >= 0.6 is 15.9 Å². The number of halogens is 1. The molecule has 0 saturated carbocycles. The third-order valence-electron chi connectivity index (χ3n) is 2.90. The van der Waals surface area contributed by atoms with Crippen molar-refractivity contribution in [3.05, 3.63) is 52.5 Å². The van der Waals surface area contributed by atoms with Crippen LogP contribution in [0.1, 0.15) is 5.56 Å². The highest BCUT2D eigenvalue weighted by molar-refractivity contribution is 9.10. The van der Waals surface area contributed by atoms with E-state index in [9.17, 15) is 8.42 Å². The number of sulfonamides is 1. The van der Waals surface area contributed by atoms with Crippen LogP contribution in [0.4, 0.5) is 5.69 Å². The predicted octanol–water partition coefficient (Wildman–Crippen LogP) is 2.72. The van der Waals surface area contributed by atoms with Crippen LogP contribution in [0.15, 0.2) is 51.8 Å². The van der Waals surface area contributed by atoms with Gasteiger partial charge >= 0.3 is 0 Å². The Morgan fingerprint density at radius 1 is 1.24 bits per heavy atom. The quantitative estimate of drug-likeness (QED) is 0.847. The summed E-state index contributed by atoms with van der Waals surface area (Å²) >= 11 is 3.31. The lowest BCUT2D eigenvalue weighted by molar-refractivity contribution is 0.409. The average molecular weight is 371 g/mol. The molecule has 0 bridgehead atoms. The molecule has 0 aliphatic heterocycles. The third-order valence-corrected chi connectivity index (χ3v) is 4.95. The summed E-state index contributed by atoms with van der Waals surface area (Å²) < 4.78 is 33.2. The molecule has 2 rings (SSSR count). The Morgan fingerprint density at radius 2 is 1.95 bits per heavy atom. The topological polar surface area (TPSA) is 81.4 Å². The first-order chi connectivity index (χ1) is 9.97. The Kier molecular flexibility index (Phi) is 4.87. The fourth-order valence-corrected chi connectivity index (χ4v) is 3.47. The van der Waals surface area contributed by atoms with Gasteiger partial charge in [-0.1, -0.05) is 12.1 Å². The second-order valence-corrected chi connectivity index (χ2v) is 6.80. The second kappa shape index (κ2) is 6.46. The maximum Gasteiger partial charge on any atom is 0.261 e. The molecule has 2 aromatic carbocycles. The van der Waals surface area contributed by atoms with Crippen molar-refractivity contribution in [2.75, 3.05) is 11.8 Å². The Morgan fingerprint density at radius 3 is 2.57 bits per heavy atom. The van der Waals surface area contributed by atoms with Crippen LogP contribution in [0.5, 0.6) is 5.75 Å². The molecular weight excluding hydrogens is 356 g/mol. The Labute approximate surface area is 132 Å². The van der Waals surface area contributed by atoms with E-state index in [1.165, 1.54) is 19.2 Å². The summed E-state index contributed by atoms with van der Waals surface area (Å²) in [6, 6.07) is 11.6. The number of ether oxygens (including phenoxy) is 1. The highest BCUT2D eigenvalue weighted by atomic mass is 79.9. The number of methoxy groups -OCH3 is 1. The van der Waals surface area contributed by atoms with Gasteiger partial charge in [-0.25, -0.2) is 8.42 Å². The normalized spacial score (nSPS) is 11.2. The van der Waals surface area contributed by atoms with Gasteiger partial charge in [-0.05, 0) is 46.3 Å². The molecule has 5 nitrogen and oxygen atoms in total. The zero-order valence-corrected chi connectivity index (χ0v) is 13.7. The van der Waals surface area contributed by atoms with Crippen LogP contribution in [0.2, 0.25) is 0 Å². The van der Waals surface area contributed by atoms with Crippen molar-refractivity contribution in [1.82, 2.24) is 0 Å². The van der Waals surface area contributed by atoms with Gasteiger partial charge in [0.25, 0.3) is 10.0 Å². The van der Waals surface area contributed by atoms with Crippen molar-refractivity contribution in [1.29, 1.82) is 0 Å². The largest absolute Gasteiger partial charge is 0.496 e. The number of benzene rings is 2. The highest BCUT2D eigenvalue weighted by Crippen LogP contribution is 2.26. The zero-order valence-electron chi connectivity index (χ0n) is 11.3. The molecule has 0 amide bonds. The summed E-state index contributed by atoms with van der Waals surface area (Å²) in [6.07, 6.45) is 0. The standard InChI is InChI=1S/C14H15BrN2O3S/c1-20-14-7-6-11(8-10(14)9-16)21(18,19)17-13-5-3-2-4-12(13)15/h2-8,17H,9,16H2,1H3. The molecule has 0 aliphatic carbocycles. The average Bonchev–Trinajstić information content (AvgIpc) is 2.48. The maximum absolute atomic E-state index is 12.4. The van der Waals surface area contributed by atoms with Crippen LogP contribution in [0.3, 0.4) is 0 Å². The number of anilines is 1. The monoisotopic (exact) mass is 370 g/mol. The Balaban J connectivity index is 2.38. The van der Waals surface area contributed by atoms with Gasteiger partial charge in [-0.15, -0.1) is 0 Å². The van der Waals surface area contributed by atoms with E-state index >= 15 is 0 Å². The first-order valence-electron chi connectivity index (χ1n) is 6.12. The summed E-state index contributed by atoms with van der Waals surface area (Å²) in [5.74, 6) is 0.567. The smallest absolute Gasteiger partial charge is 0.261 e. The van der Waals surface area contributed by atoms with Crippen molar-refractivity contribution in [3.8, 4) is 5.75 Å². The van der Waals surface area contributed by atoms with Crippen LogP contribution < -0.4 is 15.2 Å². The van der Waals surface area contributed by atoms with E-state index in [0.717, 1.165) is 0 Å². The number of hydrogen-bond donors (Lipinski definition) is 2. The summed E-state index contributed by atoms with van der Waals surface area (Å²) in [6.45, 7) is 0.196. The molecule has 0 unspecified atom stereocenters. The van der Waals surface area contributed by atoms with Gasteiger partial charge in [0.2, 0.25) is 0 Å². The number of nitrogens with two attached hydrogens (primary N) is 1. The fourth-order valence-electron chi connectivity index (χ4n) is 1.83. The van der Waals surface area contributed by atoms with Crippen molar-refractivity contribution < 1.29 is 13.2 Å². The van der Waals surface area contributed by atoms with Gasteiger partial charge in [0.1, 0.15) is 5.75 Å². The van der Waals surface area contributed by atoms with Gasteiger partial charge in [-0.2, -0.15) is 0 Å². The SMILES string of the molecule is COc1ccc(S(=O)(=O)Nc2ccccc2Br)cc1CN. The Bertz CT molecular complexity index is 748. The maximum atomic E-state index is 12.4. The molecule has 0 heterocycles. The zero-order chi connectivity index (χ0) is 15.5. The first kappa shape index (κ1) is 15.8. The van der Waals surface area contributed by atoms with E-state index in [1.807, 2.05) is 6.07 Å². The lowest BCUT2D eigenvalue weighted by Gasteiger charge is -2.12. The van der Waals surface area contributed by atoms with Gasteiger partial charge in [0, 0.05) is 16.6 Å². The highest BCUT2D eigenvalue weighted by Gasteiger charge is 2.17. The number of hydrogen-bond acceptors (Lipinski definition) is 4. The molecule has 0 aliphatic rings. The summed E-state index contributed by atoms with van der Waals surface area (Å²) in [7, 11) is -2.17. The van der Waals surface area contributed by atoms with E-state index in [1.54, 1.807) is 24.3 Å². The molecular formula is C14H15BrN2O3S. The van der Waals surface area contributed by atoms with Crippen LogP contribution in [0.25, 0.3) is 0 Å². The van der Waals surface area contributed by atoms with E-state index in [2.05, 4.69) is 20.7 Å². The first-order valence-corrected chi connectivity index (χ1v) is 8.40. The van der Waals surface area contributed by atoms with Crippen molar-refractivity contribution in [2.45, 2.75) is 11.4 Å². The Hall–Kier alpha value is -1.57. The molecule has 112 valence electrons. The molecule has 0 radical (unpaired) electrons. The van der Waals surface area contributed by atoms with Crippen molar-refractivity contribution >= 4 is 31.6 Å². The van der Waals surface area contributed by atoms with Gasteiger partial charge < -0.3 is 10.5 Å². The molecule has 2 aromatic rings. The minimum absolute atomic E-state index is 0.138. The molecule has 0 aromatic heterocycles. The molecule has 21 heavy (non-hydrogen) atoms. The van der Waals surface area contributed by atoms with Gasteiger partial charge in [0.15, 0.2) is 0 Å². The van der Waals surface area contributed by atoms with E-state index in [4.69, 9.17) is 10.5 Å². The van der Waals surface area contributed by atoms with Crippen LogP contribution in [-0.4, -0.2) is 15.5 Å². The van der Waals surface area contributed by atoms with Crippen molar-refractivity contribution in [2.24, 2.45) is 5.73 Å². The molecule has 0 saturated heterocycles. The second-order valence-electron chi connectivity index (χ2n) is 4.26. The predicted molar refractivity (Wildman–Crippen MR) is 85.8 cm³/mol. The number of para-hydroxylation sites is 1. The van der Waals surface area contributed by atoms with Gasteiger partial charge in [-0.3, -0.25) is 4.72 Å². The van der Waals surface area contributed by atoms with Gasteiger partial charge in [0.05, 0.1) is 17.7 Å². The molecule has 0 atom stereocenters. The molecule has 0 spiro atoms. The number of rotatable bonds is 5. The third kappa shape index (κ3) is 3.55. The summed E-state index contributed by atoms with van der Waals surface area (Å²) in [5, 5.41) is 0. The summed E-state index contributed by atoms with van der Waals surface area (Å²) in [5.41, 5.74) is 6.72. The lowest BCUT2D eigenvalue weighted by atomic mass is 10.2. The minimum atomic E-state index is -3.68. The van der Waals surface area contributed by atoms with E-state index in [-0.39, 0.29) is 11.4 Å². The molecule has 0 fully saturated rings. The summed E-state index contributed by atoms with van der Waals surface area (Å²) in [4.78, 5) is 0.138. The van der Waals surface area contributed by atoms with E-state index < -0.39 is 10.0 Å². The lowest BCUT2D eigenvalue weighted by Crippen LogP contribution is -2.14. The van der Waals surface area contributed by atoms with Crippen LogP contribution in [0, 0.1) is 0 Å². The van der Waals surface area contributed by atoms with E-state index in [0.29, 0.717) is 21.5 Å². The molecule has 3 N–H and O–H groups in total. The van der Waals surface area contributed by atoms with Crippen molar-refractivity contribution in [3.63, 3.8) is 0 Å².